The molecule has 1 atom stereocenters. The number of halogens is 1. The predicted octanol–water partition coefficient (Wildman–Crippen LogP) is 6.64. The lowest BCUT2D eigenvalue weighted by molar-refractivity contribution is -0.140. The number of ether oxygens (including phenoxy) is 2. The molecule has 1 N–H and O–H groups in total. The Labute approximate surface area is 293 Å². The van der Waals surface area contributed by atoms with Crippen molar-refractivity contribution in [3.05, 3.63) is 119 Å². The van der Waals surface area contributed by atoms with Crippen molar-refractivity contribution in [3.63, 3.8) is 0 Å². The molecule has 0 heterocycles. The predicted molar refractivity (Wildman–Crippen MR) is 191 cm³/mol. The number of sulfonamides is 1. The van der Waals surface area contributed by atoms with Gasteiger partial charge in [0.2, 0.25) is 11.8 Å². The van der Waals surface area contributed by atoms with Crippen LogP contribution >= 0.6 is 11.6 Å². The molecular formula is C38H42ClN3O6S. The summed E-state index contributed by atoms with van der Waals surface area (Å²) < 4.78 is 40.3. The summed E-state index contributed by atoms with van der Waals surface area (Å²) in [4.78, 5) is 30.5. The summed E-state index contributed by atoms with van der Waals surface area (Å²) in [5.74, 6) is 0.268. The third-order valence-electron chi connectivity index (χ3n) is 8.75. The number of nitrogens with one attached hydrogen (secondary N) is 1. The molecule has 0 radical (unpaired) electrons. The number of nitrogens with zero attached hydrogens (tertiary/aromatic N) is 2. The van der Waals surface area contributed by atoms with Gasteiger partial charge in [0.1, 0.15) is 24.1 Å². The van der Waals surface area contributed by atoms with Crippen molar-refractivity contribution in [2.24, 2.45) is 0 Å². The number of rotatable bonds is 14. The van der Waals surface area contributed by atoms with Gasteiger partial charge in [-0.3, -0.25) is 13.9 Å². The Morgan fingerprint density at radius 3 is 2.12 bits per heavy atom. The van der Waals surface area contributed by atoms with Crippen LogP contribution in [0.3, 0.4) is 0 Å². The van der Waals surface area contributed by atoms with E-state index in [4.69, 9.17) is 21.1 Å². The second-order valence-electron chi connectivity index (χ2n) is 12.1. The number of amides is 2. The molecule has 0 aromatic heterocycles. The summed E-state index contributed by atoms with van der Waals surface area (Å²) >= 11 is 6.17. The van der Waals surface area contributed by atoms with Crippen LogP contribution in [0.25, 0.3) is 0 Å². The second kappa shape index (κ2) is 16.7. The van der Waals surface area contributed by atoms with Crippen molar-refractivity contribution >= 4 is 39.1 Å². The molecule has 4 aromatic carbocycles. The summed E-state index contributed by atoms with van der Waals surface area (Å²) in [6.45, 7) is -0.523. The minimum Gasteiger partial charge on any atom is -0.497 e. The number of methoxy groups -OCH3 is 2. The van der Waals surface area contributed by atoms with E-state index in [1.54, 1.807) is 49.6 Å². The standard InChI is InChI=1S/C38H42ClN3O6S/c1-47-33-20-22-35(23-21-33)49(45,46)42(32-18-16-30(39)17-19-32)27-37(43)41(26-29-12-9-15-34(24-29)48-2)36(25-28-10-5-3-6-11-28)38(44)40-31-13-7-4-8-14-31/h3,5-6,9-12,15-24,31,36H,4,7-8,13-14,25-27H2,1-2H3,(H,40,44)/t36-/m0/s1. The highest BCUT2D eigenvalue weighted by molar-refractivity contribution is 7.92. The molecule has 1 aliphatic rings. The SMILES string of the molecule is COc1ccc(S(=O)(=O)N(CC(=O)N(Cc2cccc(OC)c2)[C@@H](Cc2ccccc2)C(=O)NC2CCCCC2)c2ccc(Cl)cc2)cc1. The van der Waals surface area contributed by atoms with Gasteiger partial charge in [-0.25, -0.2) is 8.42 Å². The molecule has 49 heavy (non-hydrogen) atoms. The van der Waals surface area contributed by atoms with Crippen molar-refractivity contribution in [2.75, 3.05) is 25.1 Å². The number of hydrogen-bond acceptors (Lipinski definition) is 6. The first-order chi connectivity index (χ1) is 23.7. The first-order valence-electron chi connectivity index (χ1n) is 16.4. The fourth-order valence-corrected chi connectivity index (χ4v) is 7.62. The number of carbonyl (C=O) groups excluding carboxylic acids is 2. The minimum atomic E-state index is -4.26. The number of benzene rings is 4. The van der Waals surface area contributed by atoms with Gasteiger partial charge in [0.05, 0.1) is 24.8 Å². The first kappa shape index (κ1) is 35.8. The van der Waals surface area contributed by atoms with E-state index >= 15 is 0 Å². The van der Waals surface area contributed by atoms with E-state index in [2.05, 4.69) is 5.32 Å². The average molecular weight is 704 g/mol. The van der Waals surface area contributed by atoms with Crippen LogP contribution in [0, 0.1) is 0 Å². The molecule has 0 aliphatic heterocycles. The van der Waals surface area contributed by atoms with Crippen LogP contribution in [0.15, 0.2) is 108 Å². The molecule has 2 amide bonds. The van der Waals surface area contributed by atoms with Gasteiger partial charge in [0.25, 0.3) is 10.0 Å². The first-order valence-corrected chi connectivity index (χ1v) is 18.2. The minimum absolute atomic E-state index is 0.00862. The van der Waals surface area contributed by atoms with Crippen LogP contribution in [0.2, 0.25) is 5.02 Å². The number of anilines is 1. The average Bonchev–Trinajstić information content (AvgIpc) is 3.13. The second-order valence-corrected chi connectivity index (χ2v) is 14.4. The lowest BCUT2D eigenvalue weighted by Gasteiger charge is -2.35. The van der Waals surface area contributed by atoms with Gasteiger partial charge in [-0.15, -0.1) is 0 Å². The summed E-state index contributed by atoms with van der Waals surface area (Å²) in [7, 11) is -1.21. The van der Waals surface area contributed by atoms with Crippen molar-refractivity contribution in [1.29, 1.82) is 0 Å². The largest absolute Gasteiger partial charge is 0.497 e. The fraction of sp³-hybridized carbons (Fsp3) is 0.316. The van der Waals surface area contributed by atoms with E-state index in [9.17, 15) is 18.0 Å². The van der Waals surface area contributed by atoms with Gasteiger partial charge in [-0.2, -0.15) is 0 Å². The zero-order valence-electron chi connectivity index (χ0n) is 27.8. The van der Waals surface area contributed by atoms with Crippen LogP contribution in [-0.4, -0.2) is 58.0 Å². The Morgan fingerprint density at radius 2 is 1.47 bits per heavy atom. The van der Waals surface area contributed by atoms with Gasteiger partial charge in [0.15, 0.2) is 0 Å². The topological polar surface area (TPSA) is 105 Å². The lowest BCUT2D eigenvalue weighted by Crippen LogP contribution is -2.55. The van der Waals surface area contributed by atoms with Crippen LogP contribution in [0.4, 0.5) is 5.69 Å². The van der Waals surface area contributed by atoms with E-state index in [0.29, 0.717) is 16.5 Å². The quantitative estimate of drug-likeness (QED) is 0.158. The van der Waals surface area contributed by atoms with E-state index in [0.717, 1.165) is 47.5 Å². The van der Waals surface area contributed by atoms with E-state index in [1.165, 1.54) is 24.1 Å². The van der Waals surface area contributed by atoms with Crippen LogP contribution < -0.4 is 19.1 Å². The zero-order chi connectivity index (χ0) is 34.8. The Morgan fingerprint density at radius 1 is 0.816 bits per heavy atom. The zero-order valence-corrected chi connectivity index (χ0v) is 29.3. The third-order valence-corrected chi connectivity index (χ3v) is 10.8. The lowest BCUT2D eigenvalue weighted by atomic mass is 9.94. The summed E-state index contributed by atoms with van der Waals surface area (Å²) in [5.41, 5.74) is 1.85. The Kier molecular flexibility index (Phi) is 12.2. The summed E-state index contributed by atoms with van der Waals surface area (Å²) in [6, 6.07) is 28.1. The molecular weight excluding hydrogens is 662 g/mol. The maximum atomic E-state index is 14.7. The summed E-state index contributed by atoms with van der Waals surface area (Å²) in [6.07, 6.45) is 5.17. The van der Waals surface area contributed by atoms with E-state index in [1.807, 2.05) is 48.5 Å². The van der Waals surface area contributed by atoms with E-state index in [-0.39, 0.29) is 35.5 Å². The molecule has 0 unspecified atom stereocenters. The molecule has 5 rings (SSSR count). The molecule has 258 valence electrons. The Hall–Kier alpha value is -4.54. The van der Waals surface area contributed by atoms with Crippen LogP contribution in [-0.2, 0) is 32.6 Å². The molecule has 9 nitrogen and oxygen atoms in total. The summed E-state index contributed by atoms with van der Waals surface area (Å²) in [5, 5.41) is 3.64. The van der Waals surface area contributed by atoms with Gasteiger partial charge in [-0.1, -0.05) is 73.3 Å². The highest BCUT2D eigenvalue weighted by Crippen LogP contribution is 2.28. The number of carbonyl (C=O) groups is 2. The van der Waals surface area contributed by atoms with Gasteiger partial charge < -0.3 is 19.7 Å². The van der Waals surface area contributed by atoms with Gasteiger partial charge in [-0.05, 0) is 84.6 Å². The van der Waals surface area contributed by atoms with Crippen molar-refractivity contribution in [1.82, 2.24) is 10.2 Å². The van der Waals surface area contributed by atoms with Crippen LogP contribution in [0.5, 0.6) is 11.5 Å². The molecule has 11 heteroatoms. The highest BCUT2D eigenvalue weighted by Gasteiger charge is 2.35. The van der Waals surface area contributed by atoms with Crippen molar-refractivity contribution in [2.45, 2.75) is 62.0 Å². The monoisotopic (exact) mass is 703 g/mol. The molecule has 4 aromatic rings. The fourth-order valence-electron chi connectivity index (χ4n) is 6.08. The van der Waals surface area contributed by atoms with Crippen molar-refractivity contribution in [3.8, 4) is 11.5 Å². The van der Waals surface area contributed by atoms with Gasteiger partial charge in [0, 0.05) is 24.0 Å². The molecule has 1 aliphatic carbocycles. The molecule has 1 fully saturated rings. The number of hydrogen-bond donors (Lipinski definition) is 1. The van der Waals surface area contributed by atoms with Crippen molar-refractivity contribution < 1.29 is 27.5 Å². The normalized spacial score (nSPS) is 14.0. The maximum absolute atomic E-state index is 14.7. The highest BCUT2D eigenvalue weighted by atomic mass is 35.5. The molecule has 1 saturated carbocycles. The maximum Gasteiger partial charge on any atom is 0.264 e. The molecule has 0 spiro atoms. The smallest absolute Gasteiger partial charge is 0.264 e. The molecule has 0 bridgehead atoms. The van der Waals surface area contributed by atoms with E-state index < -0.39 is 28.5 Å². The third kappa shape index (κ3) is 9.33. The Bertz CT molecular complexity index is 1800. The molecule has 0 saturated heterocycles. The van der Waals surface area contributed by atoms with Gasteiger partial charge >= 0.3 is 0 Å². The Balaban J connectivity index is 1.57. The van der Waals surface area contributed by atoms with Crippen LogP contribution in [0.1, 0.15) is 43.2 Å².